The van der Waals surface area contributed by atoms with E-state index in [0.717, 1.165) is 11.1 Å². The van der Waals surface area contributed by atoms with Crippen molar-refractivity contribution in [1.82, 2.24) is 9.88 Å². The molecule has 1 aliphatic heterocycles. The van der Waals surface area contributed by atoms with Gasteiger partial charge in [-0.25, -0.2) is 4.39 Å². The van der Waals surface area contributed by atoms with E-state index in [4.69, 9.17) is 0 Å². The number of benzene rings is 3. The van der Waals surface area contributed by atoms with Crippen LogP contribution in [0.4, 0.5) is 4.39 Å². The van der Waals surface area contributed by atoms with Crippen LogP contribution in [0.2, 0.25) is 0 Å². The minimum atomic E-state index is -0.845. The predicted molar refractivity (Wildman–Crippen MR) is 107 cm³/mol. The zero-order valence-electron chi connectivity index (χ0n) is 15.2. The van der Waals surface area contributed by atoms with Crippen LogP contribution in [-0.4, -0.2) is 27.0 Å². The second kappa shape index (κ2) is 6.46. The van der Waals surface area contributed by atoms with Gasteiger partial charge >= 0.3 is 5.97 Å². The van der Waals surface area contributed by atoms with Crippen LogP contribution in [0.3, 0.4) is 0 Å². The zero-order chi connectivity index (χ0) is 19.3. The van der Waals surface area contributed by atoms with Crippen LogP contribution < -0.4 is 0 Å². The number of carbonyl (C=O) groups is 1. The summed E-state index contributed by atoms with van der Waals surface area (Å²) in [6.07, 6.45) is 0.345. The van der Waals surface area contributed by atoms with Gasteiger partial charge in [-0.2, -0.15) is 0 Å². The zero-order valence-corrected chi connectivity index (χ0v) is 15.2. The van der Waals surface area contributed by atoms with Crippen molar-refractivity contribution in [3.63, 3.8) is 0 Å². The van der Waals surface area contributed by atoms with Crippen LogP contribution in [0.25, 0.3) is 21.7 Å². The van der Waals surface area contributed by atoms with Crippen molar-refractivity contribution in [2.75, 3.05) is 0 Å². The number of H-pyrrole nitrogens is 1. The SMILES string of the molecule is O=C(O)[C@@H](Cc1cc2ccc(F)cc2[nH]1)N1Cc2ccc3ccccc3c2C1. The van der Waals surface area contributed by atoms with E-state index in [2.05, 4.69) is 29.2 Å². The van der Waals surface area contributed by atoms with Gasteiger partial charge in [0, 0.05) is 30.7 Å². The van der Waals surface area contributed by atoms with Crippen LogP contribution in [0.5, 0.6) is 0 Å². The van der Waals surface area contributed by atoms with Crippen molar-refractivity contribution in [2.24, 2.45) is 0 Å². The number of hydrogen-bond donors (Lipinski definition) is 2. The van der Waals surface area contributed by atoms with Crippen LogP contribution in [0.1, 0.15) is 16.8 Å². The van der Waals surface area contributed by atoms with Gasteiger partial charge in [0.1, 0.15) is 11.9 Å². The maximum absolute atomic E-state index is 13.4. The highest BCUT2D eigenvalue weighted by Gasteiger charge is 2.32. The van der Waals surface area contributed by atoms with E-state index in [-0.39, 0.29) is 5.82 Å². The molecule has 4 nitrogen and oxygen atoms in total. The molecule has 2 heterocycles. The number of fused-ring (bicyclic) bond motifs is 4. The summed E-state index contributed by atoms with van der Waals surface area (Å²) in [7, 11) is 0. The number of hydrogen-bond acceptors (Lipinski definition) is 2. The average Bonchev–Trinajstić information content (AvgIpc) is 3.29. The minimum Gasteiger partial charge on any atom is -0.480 e. The highest BCUT2D eigenvalue weighted by Crippen LogP contribution is 2.32. The summed E-state index contributed by atoms with van der Waals surface area (Å²) >= 11 is 0. The molecule has 2 N–H and O–H groups in total. The Morgan fingerprint density at radius 3 is 2.75 bits per heavy atom. The molecule has 0 bridgehead atoms. The number of aliphatic carboxylic acids is 1. The summed E-state index contributed by atoms with van der Waals surface area (Å²) in [5, 5.41) is 13.1. The fraction of sp³-hybridized carbons (Fsp3) is 0.174. The standard InChI is InChI=1S/C23H19FN2O2/c24-17-8-7-15-9-18(25-21(15)10-17)11-22(23(27)28)26-12-16-6-5-14-3-1-2-4-19(14)20(16)13-26/h1-10,22,25H,11-13H2,(H,27,28)/t22-/m1/s1. The molecule has 0 radical (unpaired) electrons. The van der Waals surface area contributed by atoms with E-state index in [1.165, 1.54) is 34.0 Å². The molecule has 4 aromatic rings. The van der Waals surface area contributed by atoms with Gasteiger partial charge in [0.2, 0.25) is 0 Å². The molecule has 1 aromatic heterocycles. The monoisotopic (exact) mass is 374 g/mol. The Balaban J connectivity index is 1.45. The Hall–Kier alpha value is -3.18. The first-order valence-electron chi connectivity index (χ1n) is 9.32. The van der Waals surface area contributed by atoms with Gasteiger partial charge in [-0.15, -0.1) is 0 Å². The quantitative estimate of drug-likeness (QED) is 0.554. The van der Waals surface area contributed by atoms with E-state index >= 15 is 0 Å². The molecule has 1 aliphatic rings. The van der Waals surface area contributed by atoms with Crippen molar-refractivity contribution in [1.29, 1.82) is 0 Å². The molecule has 0 unspecified atom stereocenters. The number of nitrogens with one attached hydrogen (secondary N) is 1. The molecule has 5 heteroatoms. The Bertz CT molecular complexity index is 1210. The summed E-state index contributed by atoms with van der Waals surface area (Å²) in [5.74, 6) is -1.15. The Labute approximate surface area is 161 Å². The lowest BCUT2D eigenvalue weighted by Gasteiger charge is -2.23. The minimum absolute atomic E-state index is 0.308. The molecule has 0 amide bonds. The second-order valence-electron chi connectivity index (χ2n) is 7.41. The third kappa shape index (κ3) is 2.84. The number of nitrogens with zero attached hydrogens (tertiary/aromatic N) is 1. The highest BCUT2D eigenvalue weighted by molar-refractivity contribution is 5.87. The molecule has 0 spiro atoms. The van der Waals surface area contributed by atoms with Gasteiger partial charge < -0.3 is 10.1 Å². The smallest absolute Gasteiger partial charge is 0.321 e. The number of aromatic amines is 1. The Morgan fingerprint density at radius 2 is 1.89 bits per heavy atom. The van der Waals surface area contributed by atoms with Gasteiger partial charge in [0.25, 0.3) is 0 Å². The van der Waals surface area contributed by atoms with Gasteiger partial charge in [0.15, 0.2) is 0 Å². The largest absolute Gasteiger partial charge is 0.480 e. The first-order chi connectivity index (χ1) is 13.6. The lowest BCUT2D eigenvalue weighted by molar-refractivity contribution is -0.143. The fourth-order valence-electron chi connectivity index (χ4n) is 4.26. The second-order valence-corrected chi connectivity index (χ2v) is 7.41. The van der Waals surface area contributed by atoms with Crippen LogP contribution in [-0.2, 0) is 24.3 Å². The van der Waals surface area contributed by atoms with Gasteiger partial charge in [0.05, 0.1) is 0 Å². The van der Waals surface area contributed by atoms with E-state index < -0.39 is 12.0 Å². The van der Waals surface area contributed by atoms with Crippen molar-refractivity contribution in [3.05, 3.63) is 83.3 Å². The van der Waals surface area contributed by atoms with Crippen molar-refractivity contribution >= 4 is 27.6 Å². The third-order valence-electron chi connectivity index (χ3n) is 5.65. The lowest BCUT2D eigenvalue weighted by Crippen LogP contribution is -2.39. The third-order valence-corrected chi connectivity index (χ3v) is 5.65. The van der Waals surface area contributed by atoms with Crippen molar-refractivity contribution in [2.45, 2.75) is 25.6 Å². The molecule has 0 saturated carbocycles. The van der Waals surface area contributed by atoms with Crippen LogP contribution >= 0.6 is 0 Å². The van der Waals surface area contributed by atoms with Crippen LogP contribution in [0.15, 0.2) is 60.7 Å². The lowest BCUT2D eigenvalue weighted by atomic mass is 10.0. The normalized spacial score (nSPS) is 15.2. The average molecular weight is 374 g/mol. The van der Waals surface area contributed by atoms with Gasteiger partial charge in [-0.1, -0.05) is 36.4 Å². The summed E-state index contributed by atoms with van der Waals surface area (Å²) in [4.78, 5) is 17.2. The molecule has 1 atom stereocenters. The predicted octanol–water partition coefficient (Wildman–Crippen LogP) is 4.47. The van der Waals surface area contributed by atoms with E-state index in [9.17, 15) is 14.3 Å². The molecular weight excluding hydrogens is 355 g/mol. The first-order valence-corrected chi connectivity index (χ1v) is 9.32. The van der Waals surface area contributed by atoms with E-state index in [1.54, 1.807) is 6.07 Å². The fourth-order valence-corrected chi connectivity index (χ4v) is 4.26. The summed E-state index contributed by atoms with van der Waals surface area (Å²) in [6, 6.07) is 18.2. The summed E-state index contributed by atoms with van der Waals surface area (Å²) in [5.41, 5.74) is 3.88. The Morgan fingerprint density at radius 1 is 1.07 bits per heavy atom. The Kier molecular flexibility index (Phi) is 3.91. The first kappa shape index (κ1) is 17.0. The van der Waals surface area contributed by atoms with Crippen LogP contribution in [0, 0.1) is 5.82 Å². The number of halogens is 1. The number of aromatic nitrogens is 1. The van der Waals surface area contributed by atoms with Gasteiger partial charge in [-0.05, 0) is 51.6 Å². The van der Waals surface area contributed by atoms with E-state index in [0.29, 0.717) is 25.0 Å². The molecule has 0 fully saturated rings. The maximum Gasteiger partial charge on any atom is 0.321 e. The number of carboxylic acids is 1. The molecule has 0 saturated heterocycles. The number of carboxylic acid groups (broad SMARTS) is 1. The number of rotatable bonds is 4. The molecule has 0 aliphatic carbocycles. The highest BCUT2D eigenvalue weighted by atomic mass is 19.1. The summed E-state index contributed by atoms with van der Waals surface area (Å²) < 4.78 is 13.4. The van der Waals surface area contributed by atoms with Crippen molar-refractivity contribution in [3.8, 4) is 0 Å². The summed E-state index contributed by atoms with van der Waals surface area (Å²) in [6.45, 7) is 1.23. The molecule has 140 valence electrons. The molecule has 3 aromatic carbocycles. The molecule has 28 heavy (non-hydrogen) atoms. The van der Waals surface area contributed by atoms with Crippen molar-refractivity contribution < 1.29 is 14.3 Å². The van der Waals surface area contributed by atoms with Gasteiger partial charge in [-0.3, -0.25) is 9.69 Å². The van der Waals surface area contributed by atoms with E-state index in [1.807, 2.05) is 23.1 Å². The molecular formula is C23H19FN2O2. The maximum atomic E-state index is 13.4. The topological polar surface area (TPSA) is 56.3 Å². The molecule has 5 rings (SSSR count).